The topological polar surface area (TPSA) is 56.7 Å². The van der Waals surface area contributed by atoms with Crippen molar-refractivity contribution in [3.8, 4) is 62.1 Å². The van der Waals surface area contributed by atoms with E-state index in [1.54, 1.807) is 0 Å². The monoisotopic (exact) mass is 732 g/mol. The lowest BCUT2D eigenvalue weighted by atomic mass is 9.99. The van der Waals surface area contributed by atoms with Crippen molar-refractivity contribution in [2.24, 2.45) is 0 Å². The molecule has 0 saturated heterocycles. The van der Waals surface area contributed by atoms with E-state index in [1.165, 1.54) is 5.56 Å². The van der Waals surface area contributed by atoms with Crippen molar-refractivity contribution >= 4 is 45.0 Å². The van der Waals surface area contributed by atoms with E-state index in [1.807, 2.05) is 55.5 Å². The summed E-state index contributed by atoms with van der Waals surface area (Å²) in [5, 5.41) is 3.24. The minimum absolute atomic E-state index is 0.517. The zero-order valence-electron chi connectivity index (χ0n) is 31.3. The maximum absolute atomic E-state index is 6.32. The molecule has 270 valence electrons. The number of benzene rings is 7. The summed E-state index contributed by atoms with van der Waals surface area (Å²) in [6.45, 7) is 6.32. The van der Waals surface area contributed by atoms with Crippen molar-refractivity contribution < 1.29 is 4.42 Å². The van der Waals surface area contributed by atoms with E-state index in [0.29, 0.717) is 17.6 Å². The standard InChI is InChI=1S/C52H36N4O/c1-3-14-42-43-28-25-41(40-27-30-49-45(32-40)44-31-39(26-29-48(44)57-49)35-17-10-6-11-18-35)33-47(43)56(46(42)4-2)52-54-50(37-19-12-7-13-20-37)53-51(55-52)38-23-21-36(22-24-38)34-15-8-5-9-16-34/h3-33H,2H2,1H3/b14-3-. The molecular weight excluding hydrogens is 697 g/mol. The van der Waals surface area contributed by atoms with Gasteiger partial charge in [0.05, 0.1) is 11.2 Å². The van der Waals surface area contributed by atoms with Gasteiger partial charge >= 0.3 is 0 Å². The van der Waals surface area contributed by atoms with Gasteiger partial charge in [-0.25, -0.2) is 4.98 Å². The van der Waals surface area contributed by atoms with Gasteiger partial charge in [-0.1, -0.05) is 158 Å². The molecule has 5 nitrogen and oxygen atoms in total. The molecule has 10 rings (SSSR count). The average Bonchev–Trinajstić information content (AvgIpc) is 3.81. The Morgan fingerprint density at radius 1 is 0.474 bits per heavy atom. The zero-order valence-corrected chi connectivity index (χ0v) is 31.3. The summed E-state index contributed by atoms with van der Waals surface area (Å²) in [6, 6.07) is 58.8. The van der Waals surface area contributed by atoms with Crippen LogP contribution in [0.15, 0.2) is 187 Å². The summed E-state index contributed by atoms with van der Waals surface area (Å²) in [6.07, 6.45) is 6.08. The first-order chi connectivity index (χ1) is 28.1. The highest BCUT2D eigenvalue weighted by Gasteiger charge is 2.21. The number of nitrogens with zero attached hydrogens (tertiary/aromatic N) is 4. The SMILES string of the molecule is C=Cc1c(/C=C\C)c2ccc(-c3ccc4oc5ccc(-c6ccccc6)cc5c4c3)cc2n1-c1nc(-c2ccccc2)nc(-c2ccc(-c3ccccc3)cc2)n1. The fourth-order valence-corrected chi connectivity index (χ4v) is 7.79. The minimum atomic E-state index is 0.517. The summed E-state index contributed by atoms with van der Waals surface area (Å²) in [5.41, 5.74) is 13.2. The third kappa shape index (κ3) is 6.12. The molecule has 0 saturated carbocycles. The second-order valence-corrected chi connectivity index (χ2v) is 14.1. The number of furan rings is 1. The molecule has 3 aromatic heterocycles. The van der Waals surface area contributed by atoms with E-state index >= 15 is 0 Å². The lowest BCUT2D eigenvalue weighted by molar-refractivity contribution is 0.669. The van der Waals surface area contributed by atoms with Gasteiger partial charge in [0, 0.05) is 32.8 Å². The first-order valence-corrected chi connectivity index (χ1v) is 19.1. The van der Waals surface area contributed by atoms with E-state index in [4.69, 9.17) is 19.4 Å². The normalized spacial score (nSPS) is 11.6. The van der Waals surface area contributed by atoms with Gasteiger partial charge in [0.2, 0.25) is 5.95 Å². The molecule has 0 spiro atoms. The van der Waals surface area contributed by atoms with Gasteiger partial charge in [-0.15, -0.1) is 0 Å². The average molecular weight is 733 g/mol. The van der Waals surface area contributed by atoms with E-state index in [2.05, 4.69) is 151 Å². The van der Waals surface area contributed by atoms with E-state index < -0.39 is 0 Å². The molecule has 5 heteroatoms. The molecule has 10 aromatic rings. The fourth-order valence-electron chi connectivity index (χ4n) is 7.79. The van der Waals surface area contributed by atoms with Crippen LogP contribution in [0, 0.1) is 0 Å². The quantitative estimate of drug-likeness (QED) is 0.156. The maximum Gasteiger partial charge on any atom is 0.238 e. The van der Waals surface area contributed by atoms with Crippen LogP contribution in [0.4, 0.5) is 0 Å². The van der Waals surface area contributed by atoms with Gasteiger partial charge < -0.3 is 4.42 Å². The third-order valence-electron chi connectivity index (χ3n) is 10.6. The second kappa shape index (κ2) is 14.2. The number of allylic oxidation sites excluding steroid dienone is 1. The Balaban J connectivity index is 1.15. The lowest BCUT2D eigenvalue weighted by Crippen LogP contribution is -2.08. The Labute approximate surface area is 330 Å². The van der Waals surface area contributed by atoms with Gasteiger partial charge in [-0.2, -0.15) is 9.97 Å². The largest absolute Gasteiger partial charge is 0.456 e. The predicted octanol–water partition coefficient (Wildman–Crippen LogP) is 13.7. The van der Waals surface area contributed by atoms with Crippen molar-refractivity contribution in [2.45, 2.75) is 6.92 Å². The lowest BCUT2D eigenvalue weighted by Gasteiger charge is -2.12. The Morgan fingerprint density at radius 3 is 1.51 bits per heavy atom. The van der Waals surface area contributed by atoms with Crippen molar-refractivity contribution in [3.05, 3.63) is 194 Å². The van der Waals surface area contributed by atoms with Crippen LogP contribution in [0.25, 0.3) is 107 Å². The Kier molecular flexibility index (Phi) is 8.46. The smallest absolute Gasteiger partial charge is 0.238 e. The highest BCUT2D eigenvalue weighted by atomic mass is 16.3. The van der Waals surface area contributed by atoms with Crippen LogP contribution in [0.5, 0.6) is 0 Å². The van der Waals surface area contributed by atoms with Crippen LogP contribution in [0.1, 0.15) is 18.2 Å². The molecule has 7 aromatic carbocycles. The van der Waals surface area contributed by atoms with Gasteiger partial charge in [0.25, 0.3) is 0 Å². The molecule has 0 unspecified atom stereocenters. The summed E-state index contributed by atoms with van der Waals surface area (Å²) < 4.78 is 8.44. The van der Waals surface area contributed by atoms with Crippen molar-refractivity contribution in [1.82, 2.24) is 19.5 Å². The fraction of sp³-hybridized carbons (Fsp3) is 0.0192. The predicted molar refractivity (Wildman–Crippen MR) is 236 cm³/mol. The summed E-state index contributed by atoms with van der Waals surface area (Å²) in [5.74, 6) is 1.70. The Morgan fingerprint density at radius 2 is 0.930 bits per heavy atom. The summed E-state index contributed by atoms with van der Waals surface area (Å²) >= 11 is 0. The summed E-state index contributed by atoms with van der Waals surface area (Å²) in [4.78, 5) is 15.4. The molecule has 0 radical (unpaired) electrons. The van der Waals surface area contributed by atoms with E-state index in [0.717, 1.165) is 83.0 Å². The highest BCUT2D eigenvalue weighted by Crippen LogP contribution is 2.38. The minimum Gasteiger partial charge on any atom is -0.456 e. The Bertz CT molecular complexity index is 3120. The molecule has 0 aliphatic heterocycles. The number of rotatable bonds is 8. The van der Waals surface area contributed by atoms with Crippen LogP contribution < -0.4 is 0 Å². The first-order valence-electron chi connectivity index (χ1n) is 19.1. The second-order valence-electron chi connectivity index (χ2n) is 14.1. The zero-order chi connectivity index (χ0) is 38.3. The number of fused-ring (bicyclic) bond motifs is 4. The molecule has 0 amide bonds. The number of aromatic nitrogens is 4. The molecule has 0 aliphatic carbocycles. The van der Waals surface area contributed by atoms with Gasteiger partial charge in [0.1, 0.15) is 11.2 Å². The number of hydrogen-bond acceptors (Lipinski definition) is 4. The third-order valence-corrected chi connectivity index (χ3v) is 10.6. The molecule has 3 heterocycles. The number of hydrogen-bond donors (Lipinski definition) is 0. The van der Waals surface area contributed by atoms with Gasteiger partial charge in [-0.3, -0.25) is 4.57 Å². The molecule has 0 fully saturated rings. The maximum atomic E-state index is 6.32. The van der Waals surface area contributed by atoms with Crippen molar-refractivity contribution in [1.29, 1.82) is 0 Å². The molecule has 0 N–H and O–H groups in total. The molecule has 57 heavy (non-hydrogen) atoms. The van der Waals surface area contributed by atoms with Crippen LogP contribution in [-0.2, 0) is 0 Å². The molecular formula is C52H36N4O. The first kappa shape index (κ1) is 33.9. The molecule has 0 aliphatic rings. The van der Waals surface area contributed by atoms with Crippen molar-refractivity contribution in [2.75, 3.05) is 0 Å². The van der Waals surface area contributed by atoms with Crippen LogP contribution in [0.3, 0.4) is 0 Å². The van der Waals surface area contributed by atoms with Gasteiger partial charge in [-0.05, 0) is 76.7 Å². The van der Waals surface area contributed by atoms with Crippen LogP contribution in [-0.4, -0.2) is 19.5 Å². The van der Waals surface area contributed by atoms with Crippen LogP contribution >= 0.6 is 0 Å². The molecule has 0 atom stereocenters. The summed E-state index contributed by atoms with van der Waals surface area (Å²) in [7, 11) is 0. The van der Waals surface area contributed by atoms with Crippen molar-refractivity contribution in [3.63, 3.8) is 0 Å². The van der Waals surface area contributed by atoms with E-state index in [-0.39, 0.29) is 0 Å². The van der Waals surface area contributed by atoms with Crippen LogP contribution in [0.2, 0.25) is 0 Å². The van der Waals surface area contributed by atoms with E-state index in [9.17, 15) is 0 Å². The Hall–Kier alpha value is -7.63. The molecule has 0 bridgehead atoms. The van der Waals surface area contributed by atoms with Gasteiger partial charge in [0.15, 0.2) is 11.6 Å². The highest BCUT2D eigenvalue weighted by molar-refractivity contribution is 6.08.